The number of piperidine rings is 1. The number of thiazole rings is 2. The summed E-state index contributed by atoms with van der Waals surface area (Å²) in [7, 11) is -3.86. The first-order chi connectivity index (χ1) is 14.9. The molecule has 5 rings (SSSR count). The second kappa shape index (κ2) is 7.90. The number of nitrogens with zero attached hydrogens (tertiary/aromatic N) is 3. The molecule has 3 heterocycles. The minimum atomic E-state index is -3.86. The van der Waals surface area contributed by atoms with E-state index >= 15 is 0 Å². The van der Waals surface area contributed by atoms with E-state index in [1.54, 1.807) is 35.3 Å². The van der Waals surface area contributed by atoms with E-state index in [-0.39, 0.29) is 24.4 Å². The zero-order valence-corrected chi connectivity index (χ0v) is 18.5. The van der Waals surface area contributed by atoms with E-state index in [2.05, 4.69) is 15.3 Å². The number of fused-ring (bicyclic) bond motifs is 2. The number of alkyl halides is 1. The highest BCUT2D eigenvalue weighted by atomic mass is 32.2. The lowest BCUT2D eigenvalue weighted by atomic mass is 9.95. The van der Waals surface area contributed by atoms with Crippen LogP contribution in [0.4, 0.5) is 10.1 Å². The third-order valence-electron chi connectivity index (χ3n) is 5.38. The quantitative estimate of drug-likeness (QED) is 0.482. The van der Waals surface area contributed by atoms with Crippen LogP contribution in [0.3, 0.4) is 0 Å². The Balaban J connectivity index is 1.29. The van der Waals surface area contributed by atoms with E-state index in [0.29, 0.717) is 5.69 Å². The number of carbonyl (C=O) groups is 1. The number of benzene rings is 2. The maximum Gasteiger partial charge on any atom is 0.243 e. The van der Waals surface area contributed by atoms with E-state index in [0.717, 1.165) is 24.7 Å². The third-order valence-corrected chi connectivity index (χ3v) is 8.84. The second-order valence-electron chi connectivity index (χ2n) is 7.28. The van der Waals surface area contributed by atoms with Crippen molar-refractivity contribution in [3.05, 3.63) is 47.4 Å². The van der Waals surface area contributed by atoms with Crippen LogP contribution < -0.4 is 5.32 Å². The lowest BCUT2D eigenvalue weighted by Crippen LogP contribution is -2.48. The van der Waals surface area contributed by atoms with Gasteiger partial charge in [0, 0.05) is 18.8 Å². The SMILES string of the molecule is O=C(Nc1ccc2scnc2c1)C1CCN(S(=O)(=O)c2ccc3ncsc3c2)CC1F. The van der Waals surface area contributed by atoms with E-state index < -0.39 is 28.0 Å². The number of carbonyl (C=O) groups excluding carboxylic acids is 1. The summed E-state index contributed by atoms with van der Waals surface area (Å²) >= 11 is 2.84. The Hall–Kier alpha value is -2.47. The number of nitrogens with one attached hydrogen (secondary N) is 1. The van der Waals surface area contributed by atoms with Gasteiger partial charge in [-0.05, 0) is 42.8 Å². The van der Waals surface area contributed by atoms with Gasteiger partial charge in [-0.1, -0.05) is 0 Å². The molecule has 11 heteroatoms. The van der Waals surface area contributed by atoms with Crippen molar-refractivity contribution >= 4 is 64.7 Å². The fourth-order valence-electron chi connectivity index (χ4n) is 3.71. The first-order valence-electron chi connectivity index (χ1n) is 9.53. The van der Waals surface area contributed by atoms with Crippen LogP contribution >= 0.6 is 22.7 Å². The molecule has 0 radical (unpaired) electrons. The molecule has 0 saturated carbocycles. The highest BCUT2D eigenvalue weighted by Gasteiger charge is 2.39. The predicted molar refractivity (Wildman–Crippen MR) is 120 cm³/mol. The van der Waals surface area contributed by atoms with Gasteiger partial charge in [0.2, 0.25) is 15.9 Å². The van der Waals surface area contributed by atoms with Gasteiger partial charge in [0.15, 0.2) is 0 Å². The number of rotatable bonds is 4. The molecular weight excluding hydrogens is 459 g/mol. The number of aromatic nitrogens is 2. The second-order valence-corrected chi connectivity index (χ2v) is 11.0. The van der Waals surface area contributed by atoms with Gasteiger partial charge in [-0.25, -0.2) is 22.8 Å². The molecule has 0 bridgehead atoms. The number of hydrogen-bond acceptors (Lipinski definition) is 7. The Kier molecular flexibility index (Phi) is 5.21. The smallest absolute Gasteiger partial charge is 0.243 e. The van der Waals surface area contributed by atoms with Crippen molar-refractivity contribution in [2.75, 3.05) is 18.4 Å². The number of halogens is 1. The van der Waals surface area contributed by atoms with E-state index in [1.807, 2.05) is 6.07 Å². The van der Waals surface area contributed by atoms with Crippen LogP contribution in [0.5, 0.6) is 0 Å². The van der Waals surface area contributed by atoms with Crippen LogP contribution in [0.1, 0.15) is 6.42 Å². The molecule has 1 N–H and O–H groups in total. The van der Waals surface area contributed by atoms with E-state index in [1.165, 1.54) is 28.7 Å². The zero-order chi connectivity index (χ0) is 21.6. The van der Waals surface area contributed by atoms with Gasteiger partial charge >= 0.3 is 0 Å². The van der Waals surface area contributed by atoms with E-state index in [4.69, 9.17) is 0 Å². The van der Waals surface area contributed by atoms with Crippen molar-refractivity contribution in [1.82, 2.24) is 14.3 Å². The lowest BCUT2D eigenvalue weighted by Gasteiger charge is -2.33. The Bertz CT molecular complexity index is 1380. The van der Waals surface area contributed by atoms with Crippen LogP contribution in [0.2, 0.25) is 0 Å². The van der Waals surface area contributed by atoms with Crippen LogP contribution in [0.15, 0.2) is 52.3 Å². The number of amides is 1. The molecule has 1 fully saturated rings. The highest BCUT2D eigenvalue weighted by molar-refractivity contribution is 7.89. The van der Waals surface area contributed by atoms with Crippen LogP contribution in [0.25, 0.3) is 20.4 Å². The van der Waals surface area contributed by atoms with Crippen molar-refractivity contribution in [2.45, 2.75) is 17.5 Å². The average Bonchev–Trinajstić information content (AvgIpc) is 3.41. The summed E-state index contributed by atoms with van der Waals surface area (Å²) in [5.74, 6) is -1.37. The number of anilines is 1. The molecule has 0 aliphatic carbocycles. The zero-order valence-electron chi connectivity index (χ0n) is 16.1. The van der Waals surface area contributed by atoms with Gasteiger partial charge in [-0.15, -0.1) is 22.7 Å². The molecule has 2 aromatic heterocycles. The summed E-state index contributed by atoms with van der Waals surface area (Å²) in [6.07, 6.45) is -1.49. The number of sulfonamides is 1. The maximum absolute atomic E-state index is 14.9. The van der Waals surface area contributed by atoms with Crippen LogP contribution in [-0.4, -0.2) is 47.9 Å². The Morgan fingerprint density at radius 3 is 2.65 bits per heavy atom. The summed E-state index contributed by atoms with van der Waals surface area (Å²) < 4.78 is 43.8. The third kappa shape index (κ3) is 3.82. The summed E-state index contributed by atoms with van der Waals surface area (Å²) in [4.78, 5) is 21.1. The monoisotopic (exact) mass is 476 g/mol. The minimum absolute atomic E-state index is 0.0761. The topological polar surface area (TPSA) is 92.3 Å². The summed E-state index contributed by atoms with van der Waals surface area (Å²) in [6, 6.07) is 10.0. The molecule has 160 valence electrons. The molecule has 31 heavy (non-hydrogen) atoms. The molecule has 1 aliphatic rings. The molecule has 4 aromatic rings. The predicted octanol–water partition coefficient (Wildman–Crippen LogP) is 3.89. The van der Waals surface area contributed by atoms with Gasteiger partial charge in [-0.2, -0.15) is 4.31 Å². The summed E-state index contributed by atoms with van der Waals surface area (Å²) in [5.41, 5.74) is 5.39. The standard InChI is InChI=1S/C20H17FN4O3S3/c21-15-9-25(31(27,28)13-2-3-16-19(8-13)30-10-22-16)6-5-14(15)20(26)24-12-1-4-18-17(7-12)23-11-29-18/h1-4,7-8,10-11,14-15H,5-6,9H2,(H,24,26). The number of hydrogen-bond donors (Lipinski definition) is 1. The van der Waals surface area contributed by atoms with Crippen molar-refractivity contribution in [3.63, 3.8) is 0 Å². The summed E-state index contributed by atoms with van der Waals surface area (Å²) in [6.45, 7) is -0.279. The fourth-order valence-corrected chi connectivity index (χ4v) is 6.65. The molecule has 1 aliphatic heterocycles. The molecule has 1 amide bonds. The van der Waals surface area contributed by atoms with Crippen molar-refractivity contribution in [2.24, 2.45) is 5.92 Å². The van der Waals surface area contributed by atoms with Crippen molar-refractivity contribution in [1.29, 1.82) is 0 Å². The normalized spacial score (nSPS) is 20.3. The van der Waals surface area contributed by atoms with Crippen molar-refractivity contribution < 1.29 is 17.6 Å². The molecule has 2 aromatic carbocycles. The molecule has 2 unspecified atom stereocenters. The van der Waals surface area contributed by atoms with Gasteiger partial charge in [0.05, 0.1) is 42.3 Å². The van der Waals surface area contributed by atoms with Gasteiger partial charge in [0.1, 0.15) is 6.17 Å². The molecular formula is C20H17FN4O3S3. The van der Waals surface area contributed by atoms with Crippen LogP contribution in [-0.2, 0) is 14.8 Å². The lowest BCUT2D eigenvalue weighted by molar-refractivity contribution is -0.123. The highest BCUT2D eigenvalue weighted by Crippen LogP contribution is 2.30. The summed E-state index contributed by atoms with van der Waals surface area (Å²) in [5, 5.41) is 2.74. The molecule has 0 spiro atoms. The largest absolute Gasteiger partial charge is 0.326 e. The van der Waals surface area contributed by atoms with Gasteiger partial charge in [-0.3, -0.25) is 4.79 Å². The average molecular weight is 477 g/mol. The minimum Gasteiger partial charge on any atom is -0.326 e. The van der Waals surface area contributed by atoms with Crippen molar-refractivity contribution in [3.8, 4) is 0 Å². The Morgan fingerprint density at radius 1 is 1.06 bits per heavy atom. The van der Waals surface area contributed by atoms with Gasteiger partial charge < -0.3 is 5.32 Å². The molecule has 1 saturated heterocycles. The Morgan fingerprint density at radius 2 is 1.84 bits per heavy atom. The van der Waals surface area contributed by atoms with E-state index in [9.17, 15) is 17.6 Å². The Labute approximate surface area is 185 Å². The van der Waals surface area contributed by atoms with Gasteiger partial charge in [0.25, 0.3) is 0 Å². The first kappa shape index (κ1) is 20.4. The maximum atomic E-state index is 14.9. The first-order valence-corrected chi connectivity index (χ1v) is 12.7. The van der Waals surface area contributed by atoms with Crippen LogP contribution in [0, 0.1) is 5.92 Å². The fraction of sp³-hybridized carbons (Fsp3) is 0.250. The molecule has 7 nitrogen and oxygen atoms in total. The molecule has 2 atom stereocenters.